The van der Waals surface area contributed by atoms with Crippen LogP contribution in [0.2, 0.25) is 0 Å². The lowest BCUT2D eigenvalue weighted by Crippen LogP contribution is -2.24. The molecular formula is C20H14N4O4. The van der Waals surface area contributed by atoms with Crippen molar-refractivity contribution in [2.24, 2.45) is 0 Å². The van der Waals surface area contributed by atoms with Crippen LogP contribution in [-0.4, -0.2) is 31.9 Å². The number of ketones is 1. The molecule has 0 saturated heterocycles. The summed E-state index contributed by atoms with van der Waals surface area (Å²) in [4.78, 5) is 29.8. The van der Waals surface area contributed by atoms with Crippen LogP contribution in [0.3, 0.4) is 0 Å². The monoisotopic (exact) mass is 374 g/mol. The average Bonchev–Trinajstić information content (AvgIpc) is 3.37. The third-order valence-corrected chi connectivity index (χ3v) is 4.56. The predicted molar refractivity (Wildman–Crippen MR) is 100 cm³/mol. The van der Waals surface area contributed by atoms with Crippen molar-refractivity contribution in [3.63, 3.8) is 0 Å². The van der Waals surface area contributed by atoms with Crippen LogP contribution >= 0.6 is 0 Å². The Morgan fingerprint density at radius 1 is 1.07 bits per heavy atom. The highest BCUT2D eigenvalue weighted by Gasteiger charge is 2.18. The Balaban J connectivity index is 1.48. The van der Waals surface area contributed by atoms with Gasteiger partial charge in [-0.15, -0.1) is 0 Å². The molecule has 4 aromatic rings. The molecule has 2 aromatic carbocycles. The Labute approximate surface area is 158 Å². The van der Waals surface area contributed by atoms with E-state index in [1.807, 2.05) is 30.3 Å². The van der Waals surface area contributed by atoms with Gasteiger partial charge in [-0.05, 0) is 30.3 Å². The van der Waals surface area contributed by atoms with Crippen LogP contribution < -0.4 is 15.0 Å². The molecule has 0 spiro atoms. The van der Waals surface area contributed by atoms with Crippen LogP contribution in [0.5, 0.6) is 11.5 Å². The van der Waals surface area contributed by atoms with E-state index in [1.165, 1.54) is 17.1 Å². The lowest BCUT2D eigenvalue weighted by atomic mass is 10.1. The van der Waals surface area contributed by atoms with Crippen molar-refractivity contribution in [1.29, 1.82) is 0 Å². The number of benzene rings is 2. The summed E-state index contributed by atoms with van der Waals surface area (Å²) in [5.74, 6) is 0.901. The van der Waals surface area contributed by atoms with E-state index < -0.39 is 0 Å². The molecule has 1 aliphatic heterocycles. The minimum absolute atomic E-state index is 0.127. The maximum absolute atomic E-state index is 12.8. The van der Waals surface area contributed by atoms with E-state index in [4.69, 9.17) is 9.47 Å². The van der Waals surface area contributed by atoms with Gasteiger partial charge in [-0.1, -0.05) is 18.2 Å². The van der Waals surface area contributed by atoms with Crippen molar-refractivity contribution >= 4 is 16.8 Å². The maximum Gasteiger partial charge on any atom is 0.264 e. The first-order valence-corrected chi connectivity index (χ1v) is 8.62. The van der Waals surface area contributed by atoms with E-state index in [2.05, 4.69) is 10.1 Å². The summed E-state index contributed by atoms with van der Waals surface area (Å²) >= 11 is 0. The molecule has 0 radical (unpaired) electrons. The molecule has 28 heavy (non-hydrogen) atoms. The molecule has 2 aromatic heterocycles. The van der Waals surface area contributed by atoms with E-state index in [0.717, 1.165) is 5.69 Å². The second-order valence-corrected chi connectivity index (χ2v) is 6.30. The summed E-state index contributed by atoms with van der Waals surface area (Å²) < 4.78 is 13.4. The van der Waals surface area contributed by atoms with Crippen molar-refractivity contribution < 1.29 is 14.3 Å². The number of rotatable bonds is 4. The number of Topliss-reactive ketones (excluding diaryl/α,β-unsaturated/α-hetero) is 1. The molecule has 0 bridgehead atoms. The van der Waals surface area contributed by atoms with E-state index in [-0.39, 0.29) is 24.7 Å². The fourth-order valence-corrected chi connectivity index (χ4v) is 3.14. The van der Waals surface area contributed by atoms with Crippen LogP contribution in [-0.2, 0) is 6.54 Å². The third kappa shape index (κ3) is 2.62. The lowest BCUT2D eigenvalue weighted by molar-refractivity contribution is 0.0970. The molecule has 138 valence electrons. The van der Waals surface area contributed by atoms with Gasteiger partial charge in [0.05, 0.1) is 18.4 Å². The number of para-hydroxylation sites is 1. The average molecular weight is 374 g/mol. The topological polar surface area (TPSA) is 88.2 Å². The summed E-state index contributed by atoms with van der Waals surface area (Å²) in [5, 5.41) is 4.62. The standard InChI is InChI=1S/C20H14N4O4/c25-16(13-6-7-17-18(8-13)28-12-27-17)10-23-11-21-19-15(20(23)26)9-22-24(19)14-4-2-1-3-5-14/h1-9,11H,10,12H2. The number of carbonyl (C=O) groups is 1. The zero-order valence-electron chi connectivity index (χ0n) is 14.6. The van der Waals surface area contributed by atoms with Gasteiger partial charge in [-0.3, -0.25) is 14.2 Å². The molecule has 3 heterocycles. The van der Waals surface area contributed by atoms with Crippen molar-refractivity contribution in [2.45, 2.75) is 6.54 Å². The Morgan fingerprint density at radius 2 is 1.89 bits per heavy atom. The Bertz CT molecular complexity index is 1260. The smallest absolute Gasteiger partial charge is 0.264 e. The summed E-state index contributed by atoms with van der Waals surface area (Å²) in [6, 6.07) is 14.4. The van der Waals surface area contributed by atoms with Crippen LogP contribution in [0.4, 0.5) is 0 Å². The number of nitrogens with zero attached hydrogens (tertiary/aromatic N) is 4. The minimum Gasteiger partial charge on any atom is -0.454 e. The second-order valence-electron chi connectivity index (χ2n) is 6.30. The highest BCUT2D eigenvalue weighted by molar-refractivity contribution is 5.96. The number of aromatic nitrogens is 4. The molecule has 1 aliphatic rings. The zero-order valence-corrected chi connectivity index (χ0v) is 14.6. The van der Waals surface area contributed by atoms with Crippen molar-refractivity contribution in [2.75, 3.05) is 6.79 Å². The molecule has 5 rings (SSSR count). The van der Waals surface area contributed by atoms with Gasteiger partial charge in [0.15, 0.2) is 22.9 Å². The molecule has 8 nitrogen and oxygen atoms in total. The molecule has 8 heteroatoms. The highest BCUT2D eigenvalue weighted by Crippen LogP contribution is 2.32. The quantitative estimate of drug-likeness (QED) is 0.509. The summed E-state index contributed by atoms with van der Waals surface area (Å²) in [6.45, 7) is 0.0103. The van der Waals surface area contributed by atoms with E-state index in [0.29, 0.717) is 28.1 Å². The Kier molecular flexibility index (Phi) is 3.68. The van der Waals surface area contributed by atoms with Gasteiger partial charge in [0.2, 0.25) is 6.79 Å². The minimum atomic E-state index is -0.318. The van der Waals surface area contributed by atoms with E-state index in [1.54, 1.807) is 22.9 Å². The van der Waals surface area contributed by atoms with Crippen molar-refractivity contribution in [3.05, 3.63) is 77.0 Å². The Morgan fingerprint density at radius 3 is 2.75 bits per heavy atom. The summed E-state index contributed by atoms with van der Waals surface area (Å²) in [6.07, 6.45) is 2.84. The summed E-state index contributed by atoms with van der Waals surface area (Å²) in [5.41, 5.74) is 1.37. The van der Waals surface area contributed by atoms with E-state index in [9.17, 15) is 9.59 Å². The predicted octanol–water partition coefficient (Wildman–Crippen LogP) is 2.19. The number of hydrogen-bond acceptors (Lipinski definition) is 6. The largest absolute Gasteiger partial charge is 0.454 e. The third-order valence-electron chi connectivity index (χ3n) is 4.56. The van der Waals surface area contributed by atoms with Crippen LogP contribution in [0.1, 0.15) is 10.4 Å². The highest BCUT2D eigenvalue weighted by atomic mass is 16.7. The maximum atomic E-state index is 12.8. The number of hydrogen-bond donors (Lipinski definition) is 0. The molecule has 0 atom stereocenters. The van der Waals surface area contributed by atoms with Gasteiger partial charge in [-0.2, -0.15) is 5.10 Å². The van der Waals surface area contributed by atoms with Crippen LogP contribution in [0.25, 0.3) is 16.7 Å². The Hall–Kier alpha value is -3.94. The van der Waals surface area contributed by atoms with Gasteiger partial charge < -0.3 is 9.47 Å². The van der Waals surface area contributed by atoms with Crippen LogP contribution in [0.15, 0.2) is 65.8 Å². The molecule has 0 N–H and O–H groups in total. The second kappa shape index (κ2) is 6.34. The molecule has 0 saturated carbocycles. The molecule has 0 amide bonds. The fraction of sp³-hybridized carbons (Fsp3) is 0.100. The molecule has 0 unspecified atom stereocenters. The zero-order chi connectivity index (χ0) is 19.1. The molecule has 0 fully saturated rings. The number of carbonyl (C=O) groups excluding carboxylic acids is 1. The molecular weight excluding hydrogens is 360 g/mol. The normalized spacial score (nSPS) is 12.4. The van der Waals surface area contributed by atoms with Crippen molar-refractivity contribution in [3.8, 4) is 17.2 Å². The summed E-state index contributed by atoms with van der Waals surface area (Å²) in [7, 11) is 0. The number of ether oxygens (including phenoxy) is 2. The van der Waals surface area contributed by atoms with E-state index >= 15 is 0 Å². The van der Waals surface area contributed by atoms with Gasteiger partial charge >= 0.3 is 0 Å². The van der Waals surface area contributed by atoms with Crippen molar-refractivity contribution in [1.82, 2.24) is 19.3 Å². The molecule has 0 aliphatic carbocycles. The van der Waals surface area contributed by atoms with Gasteiger partial charge in [-0.25, -0.2) is 9.67 Å². The van der Waals surface area contributed by atoms with Gasteiger partial charge in [0, 0.05) is 5.56 Å². The van der Waals surface area contributed by atoms with Crippen LogP contribution in [0, 0.1) is 0 Å². The first-order chi connectivity index (χ1) is 13.7. The number of fused-ring (bicyclic) bond motifs is 2. The first-order valence-electron chi connectivity index (χ1n) is 8.62. The van der Waals surface area contributed by atoms with Gasteiger partial charge in [0.25, 0.3) is 5.56 Å². The SMILES string of the molecule is O=C(Cn1cnc2c(cnn2-c2ccccc2)c1=O)c1ccc2c(c1)OCO2. The fourth-order valence-electron chi connectivity index (χ4n) is 3.14. The lowest BCUT2D eigenvalue weighted by Gasteiger charge is -2.06. The first kappa shape index (κ1) is 16.2. The van der Waals surface area contributed by atoms with Gasteiger partial charge in [0.1, 0.15) is 11.7 Å².